The zero-order valence-electron chi connectivity index (χ0n) is 24.1. The van der Waals surface area contributed by atoms with Crippen LogP contribution in [0.4, 0.5) is 0 Å². The van der Waals surface area contributed by atoms with Crippen molar-refractivity contribution in [2.75, 3.05) is 0 Å². The van der Waals surface area contributed by atoms with E-state index < -0.39 is 0 Å². The normalized spacial score (nSPS) is 11.9. The summed E-state index contributed by atoms with van der Waals surface area (Å²) >= 11 is 0. The molecule has 0 bridgehead atoms. The molecule has 0 fully saturated rings. The Balaban J connectivity index is 1.30. The monoisotopic (exact) mass is 591 g/mol. The fourth-order valence-corrected chi connectivity index (χ4v) is 6.54. The molecule has 214 valence electrons. The molecule has 46 heavy (non-hydrogen) atoms. The second kappa shape index (κ2) is 9.44. The number of aromatic nitrogens is 9. The summed E-state index contributed by atoms with van der Waals surface area (Å²) in [6, 6.07) is 34.7. The van der Waals surface area contributed by atoms with Gasteiger partial charge in [-0.05, 0) is 48.5 Å². The van der Waals surface area contributed by atoms with Gasteiger partial charge >= 0.3 is 0 Å². The van der Waals surface area contributed by atoms with Gasteiger partial charge in [-0.1, -0.05) is 54.6 Å². The first-order valence-corrected chi connectivity index (χ1v) is 14.9. The average molecular weight is 592 g/mol. The molecule has 9 nitrogen and oxygen atoms in total. The number of benzene rings is 3. The number of hydrogen-bond acceptors (Lipinski definition) is 7. The van der Waals surface area contributed by atoms with Crippen LogP contribution in [0.5, 0.6) is 0 Å². The van der Waals surface area contributed by atoms with E-state index in [4.69, 9.17) is 29.9 Å². The Morgan fingerprint density at radius 3 is 1.72 bits per heavy atom. The Labute approximate surface area is 260 Å². The van der Waals surface area contributed by atoms with E-state index in [9.17, 15) is 0 Å². The lowest BCUT2D eigenvalue weighted by molar-refractivity contribution is 0.883. The van der Waals surface area contributed by atoms with Crippen molar-refractivity contribution in [3.63, 3.8) is 0 Å². The molecule has 0 saturated heterocycles. The number of rotatable bonds is 3. The zero-order valence-corrected chi connectivity index (χ0v) is 24.1. The molecule has 9 heteroatoms. The van der Waals surface area contributed by atoms with Crippen LogP contribution in [0.25, 0.3) is 89.0 Å². The van der Waals surface area contributed by atoms with Crippen molar-refractivity contribution in [1.82, 2.24) is 44.0 Å². The minimum Gasteiger partial charge on any atom is -0.278 e. The van der Waals surface area contributed by atoms with Crippen molar-refractivity contribution in [3.8, 4) is 23.3 Å². The average Bonchev–Trinajstić information content (AvgIpc) is 3.64. The maximum Gasteiger partial charge on any atom is 0.242 e. The Bertz CT molecular complexity index is 2590. The van der Waals surface area contributed by atoms with Crippen molar-refractivity contribution < 1.29 is 0 Å². The first kappa shape index (κ1) is 24.8. The summed E-state index contributed by atoms with van der Waals surface area (Å²) in [5, 5.41) is 6.17. The van der Waals surface area contributed by atoms with Gasteiger partial charge in [-0.25, -0.2) is 14.5 Å². The van der Waals surface area contributed by atoms with Gasteiger partial charge in [0.1, 0.15) is 11.3 Å². The molecule has 0 spiro atoms. The molecule has 0 amide bonds. The van der Waals surface area contributed by atoms with Gasteiger partial charge in [0.2, 0.25) is 11.9 Å². The topological polar surface area (TPSA) is 100 Å². The third kappa shape index (κ3) is 3.53. The van der Waals surface area contributed by atoms with Crippen LogP contribution in [0.2, 0.25) is 0 Å². The highest BCUT2D eigenvalue weighted by Gasteiger charge is 2.21. The van der Waals surface area contributed by atoms with Gasteiger partial charge in [-0.15, -0.1) is 0 Å². The molecule has 0 unspecified atom stereocenters. The Kier molecular flexibility index (Phi) is 5.09. The number of nitrogens with zero attached hydrogens (tertiary/aromatic N) is 9. The van der Waals surface area contributed by atoms with E-state index in [2.05, 4.69) is 64.1 Å². The fraction of sp³-hybridized carbons (Fsp3) is 0. The first-order chi connectivity index (χ1) is 22.8. The third-order valence-corrected chi connectivity index (χ3v) is 8.56. The fourth-order valence-electron chi connectivity index (χ4n) is 6.54. The summed E-state index contributed by atoms with van der Waals surface area (Å²) in [5.41, 5.74) is 5.88. The number of para-hydroxylation sites is 2. The molecule has 0 aliphatic carbocycles. The molecular weight excluding hydrogens is 570 g/mol. The molecule has 7 aromatic heterocycles. The van der Waals surface area contributed by atoms with E-state index in [1.54, 1.807) is 18.6 Å². The number of fused-ring (bicyclic) bond motifs is 9. The van der Waals surface area contributed by atoms with Crippen LogP contribution in [0.1, 0.15) is 0 Å². The molecule has 0 N–H and O–H groups in total. The number of hydrogen-bond donors (Lipinski definition) is 0. The van der Waals surface area contributed by atoms with Crippen molar-refractivity contribution in [2.45, 2.75) is 0 Å². The molecule has 10 aromatic rings. The summed E-state index contributed by atoms with van der Waals surface area (Å²) in [7, 11) is 0. The summed E-state index contributed by atoms with van der Waals surface area (Å²) < 4.78 is 4.01. The molecule has 7 heterocycles. The van der Waals surface area contributed by atoms with E-state index in [0.29, 0.717) is 17.7 Å². The molecule has 0 aliphatic rings. The lowest BCUT2D eigenvalue weighted by Crippen LogP contribution is -2.11. The lowest BCUT2D eigenvalue weighted by Gasteiger charge is -2.12. The van der Waals surface area contributed by atoms with Crippen LogP contribution in [0, 0.1) is 0 Å². The van der Waals surface area contributed by atoms with Crippen LogP contribution in [-0.4, -0.2) is 44.0 Å². The predicted octanol–water partition coefficient (Wildman–Crippen LogP) is 7.62. The Hall–Kier alpha value is -6.61. The van der Waals surface area contributed by atoms with Crippen LogP contribution >= 0.6 is 0 Å². The van der Waals surface area contributed by atoms with Crippen LogP contribution in [0.15, 0.2) is 128 Å². The van der Waals surface area contributed by atoms with Crippen LogP contribution < -0.4 is 0 Å². The minimum absolute atomic E-state index is 0.416. The SMILES string of the molecule is c1cnc2c(c1)ccc1cc(-c3nc(-n4c5ccccc5c5ccccc54)nc(-n4c5ncccc5c5cccnc54)n3)cnc12. The quantitative estimate of drug-likeness (QED) is 0.195. The van der Waals surface area contributed by atoms with Crippen LogP contribution in [-0.2, 0) is 0 Å². The summed E-state index contributed by atoms with van der Waals surface area (Å²) in [5.74, 6) is 1.39. The summed E-state index contributed by atoms with van der Waals surface area (Å²) in [6.07, 6.45) is 7.16. The molecule has 0 atom stereocenters. The van der Waals surface area contributed by atoms with Gasteiger partial charge in [-0.2, -0.15) is 15.0 Å². The van der Waals surface area contributed by atoms with Gasteiger partial charge in [0.15, 0.2) is 5.82 Å². The predicted molar refractivity (Wildman–Crippen MR) is 180 cm³/mol. The molecule has 0 saturated carbocycles. The van der Waals surface area contributed by atoms with Gasteiger partial charge < -0.3 is 0 Å². The largest absolute Gasteiger partial charge is 0.278 e. The minimum atomic E-state index is 0.416. The maximum atomic E-state index is 5.14. The molecule has 0 aliphatic heterocycles. The smallest absolute Gasteiger partial charge is 0.242 e. The van der Waals surface area contributed by atoms with Gasteiger partial charge in [-0.3, -0.25) is 14.5 Å². The highest BCUT2D eigenvalue weighted by atomic mass is 15.3. The zero-order chi connectivity index (χ0) is 30.2. The van der Waals surface area contributed by atoms with E-state index in [-0.39, 0.29) is 0 Å². The van der Waals surface area contributed by atoms with Crippen molar-refractivity contribution in [3.05, 3.63) is 128 Å². The summed E-state index contributed by atoms with van der Waals surface area (Å²) in [4.78, 5) is 34.3. The van der Waals surface area contributed by atoms with Gasteiger partial charge in [0.25, 0.3) is 0 Å². The molecule has 3 aromatic carbocycles. The van der Waals surface area contributed by atoms with E-state index in [0.717, 1.165) is 71.2 Å². The molecule has 10 rings (SSSR count). The first-order valence-electron chi connectivity index (χ1n) is 14.9. The standard InChI is InChI=1S/C37H21N9/c1-3-13-29-25(9-1)26-10-2-4-14-30(26)45(29)36-42-33(24-20-23-16-15-22-8-5-17-38-31(22)32(23)41-21-24)43-37(44-36)46-34-27(11-6-18-39-34)28-12-7-19-40-35(28)46/h1-21H. The van der Waals surface area contributed by atoms with Crippen molar-refractivity contribution >= 4 is 65.7 Å². The maximum absolute atomic E-state index is 5.14. The second-order valence-electron chi connectivity index (χ2n) is 11.1. The third-order valence-electron chi connectivity index (χ3n) is 8.56. The van der Waals surface area contributed by atoms with Gasteiger partial charge in [0.05, 0.1) is 22.1 Å². The van der Waals surface area contributed by atoms with Gasteiger partial charge in [0, 0.05) is 62.7 Å². The molecule has 0 radical (unpaired) electrons. The summed E-state index contributed by atoms with van der Waals surface area (Å²) in [6.45, 7) is 0. The molecular formula is C37H21N9. The van der Waals surface area contributed by atoms with Crippen LogP contribution in [0.3, 0.4) is 0 Å². The highest BCUT2D eigenvalue weighted by molar-refractivity contribution is 6.09. The van der Waals surface area contributed by atoms with Crippen molar-refractivity contribution in [2.24, 2.45) is 0 Å². The lowest BCUT2D eigenvalue weighted by atomic mass is 10.1. The van der Waals surface area contributed by atoms with E-state index >= 15 is 0 Å². The van der Waals surface area contributed by atoms with E-state index in [1.165, 1.54) is 0 Å². The number of pyridine rings is 4. The second-order valence-corrected chi connectivity index (χ2v) is 11.1. The highest BCUT2D eigenvalue weighted by Crippen LogP contribution is 2.33. The van der Waals surface area contributed by atoms with E-state index in [1.807, 2.05) is 59.3 Å². The Morgan fingerprint density at radius 1 is 0.435 bits per heavy atom. The van der Waals surface area contributed by atoms with Crippen molar-refractivity contribution in [1.29, 1.82) is 0 Å². The Morgan fingerprint density at radius 2 is 1.00 bits per heavy atom.